The lowest BCUT2D eigenvalue weighted by Gasteiger charge is -2.31. The summed E-state index contributed by atoms with van der Waals surface area (Å²) in [6.45, 7) is 7.87. The standard InChI is InChI=1S/C21H28BrN5O3/c1-11-7-10-14(30-11)17(21(2,3)4)26-19(24)18(23)25-13-9-8-12(22)15(16(13)28)20(29)27(5)6/h7-10,17,28H,1-6H3,(H2,23,25)(H2,24,26)/t17-/m0/s1. The molecule has 2 rings (SSSR count). The highest BCUT2D eigenvalue weighted by Crippen LogP contribution is 2.35. The van der Waals surface area contributed by atoms with Gasteiger partial charge in [0, 0.05) is 18.6 Å². The number of aromatic hydroxyl groups is 1. The summed E-state index contributed by atoms with van der Waals surface area (Å²) in [6, 6.07) is 6.50. The van der Waals surface area contributed by atoms with Crippen LogP contribution in [0.4, 0.5) is 5.69 Å². The van der Waals surface area contributed by atoms with Gasteiger partial charge in [-0.25, -0.2) is 0 Å². The highest BCUT2D eigenvalue weighted by atomic mass is 79.9. The molecule has 0 aliphatic rings. The number of amides is 1. The molecule has 1 heterocycles. The van der Waals surface area contributed by atoms with E-state index in [4.69, 9.17) is 15.2 Å². The minimum absolute atomic E-state index is 0.0796. The predicted octanol–water partition coefficient (Wildman–Crippen LogP) is 4.50. The van der Waals surface area contributed by atoms with E-state index >= 15 is 0 Å². The molecule has 1 aromatic carbocycles. The van der Waals surface area contributed by atoms with Gasteiger partial charge in [0.05, 0.1) is 17.3 Å². The third kappa shape index (κ3) is 5.21. The maximum absolute atomic E-state index is 12.4. The summed E-state index contributed by atoms with van der Waals surface area (Å²) in [5.41, 5.74) is -0.0564. The predicted molar refractivity (Wildman–Crippen MR) is 122 cm³/mol. The Morgan fingerprint density at radius 2 is 1.80 bits per heavy atom. The number of aryl methyl sites for hydroxylation is 1. The fourth-order valence-corrected chi connectivity index (χ4v) is 3.32. The van der Waals surface area contributed by atoms with E-state index in [1.165, 1.54) is 11.0 Å². The molecule has 1 atom stereocenters. The molecule has 0 aliphatic carbocycles. The molecule has 0 aliphatic heterocycles. The van der Waals surface area contributed by atoms with Crippen LogP contribution in [-0.2, 0) is 0 Å². The summed E-state index contributed by atoms with van der Waals surface area (Å²) < 4.78 is 6.17. The molecule has 0 bridgehead atoms. The van der Waals surface area contributed by atoms with Crippen LogP contribution in [0, 0.1) is 23.2 Å². The van der Waals surface area contributed by atoms with Crippen LogP contribution in [0.3, 0.4) is 0 Å². The second-order valence-electron chi connectivity index (χ2n) is 8.28. The lowest BCUT2D eigenvalue weighted by molar-refractivity contribution is 0.0824. The van der Waals surface area contributed by atoms with Gasteiger partial charge in [-0.3, -0.25) is 15.6 Å². The summed E-state index contributed by atoms with van der Waals surface area (Å²) in [7, 11) is 3.16. The fourth-order valence-electron chi connectivity index (χ4n) is 2.83. The number of benzene rings is 1. The van der Waals surface area contributed by atoms with Crippen molar-refractivity contribution < 1.29 is 14.3 Å². The number of phenolic OH excluding ortho intramolecular Hbond substituents is 1. The Kier molecular flexibility index (Phi) is 6.97. The molecule has 0 radical (unpaired) electrons. The largest absolute Gasteiger partial charge is 0.505 e. The van der Waals surface area contributed by atoms with E-state index in [9.17, 15) is 9.90 Å². The van der Waals surface area contributed by atoms with Gasteiger partial charge in [0.2, 0.25) is 0 Å². The molecule has 8 nitrogen and oxygen atoms in total. The van der Waals surface area contributed by atoms with Crippen molar-refractivity contribution in [1.29, 1.82) is 10.8 Å². The van der Waals surface area contributed by atoms with Gasteiger partial charge in [0.1, 0.15) is 11.5 Å². The number of furan rings is 1. The second kappa shape index (κ2) is 8.91. The monoisotopic (exact) mass is 477 g/mol. The number of anilines is 1. The second-order valence-corrected chi connectivity index (χ2v) is 9.14. The highest BCUT2D eigenvalue weighted by Gasteiger charge is 2.30. The molecule has 0 spiro atoms. The summed E-state index contributed by atoms with van der Waals surface area (Å²) in [5.74, 6) is 0.320. The zero-order chi connectivity index (χ0) is 22.8. The van der Waals surface area contributed by atoms with E-state index in [0.717, 1.165) is 5.76 Å². The van der Waals surface area contributed by atoms with Gasteiger partial charge in [-0.1, -0.05) is 20.8 Å². The van der Waals surface area contributed by atoms with E-state index in [1.807, 2.05) is 39.8 Å². The fraction of sp³-hybridized carbons (Fsp3) is 0.381. The number of carbonyl (C=O) groups is 1. The average molecular weight is 478 g/mol. The third-order valence-corrected chi connectivity index (χ3v) is 5.12. The summed E-state index contributed by atoms with van der Waals surface area (Å²) >= 11 is 3.27. The van der Waals surface area contributed by atoms with Crippen LogP contribution < -0.4 is 10.6 Å². The molecule has 162 valence electrons. The molecule has 0 saturated heterocycles. The van der Waals surface area contributed by atoms with Crippen LogP contribution in [0.1, 0.15) is 48.7 Å². The van der Waals surface area contributed by atoms with E-state index in [-0.39, 0.29) is 46.0 Å². The van der Waals surface area contributed by atoms with Gasteiger partial charge >= 0.3 is 0 Å². The third-order valence-electron chi connectivity index (χ3n) is 4.46. The zero-order valence-corrected chi connectivity index (χ0v) is 19.6. The number of amidine groups is 2. The molecule has 0 fully saturated rings. The minimum Gasteiger partial charge on any atom is -0.505 e. The smallest absolute Gasteiger partial charge is 0.258 e. The molecule has 0 saturated carbocycles. The van der Waals surface area contributed by atoms with Crippen LogP contribution in [-0.4, -0.2) is 41.7 Å². The Morgan fingerprint density at radius 3 is 2.30 bits per heavy atom. The first kappa shape index (κ1) is 23.5. The summed E-state index contributed by atoms with van der Waals surface area (Å²) in [4.78, 5) is 13.7. The Bertz CT molecular complexity index is 976. The van der Waals surface area contributed by atoms with Crippen molar-refractivity contribution in [3.05, 3.63) is 45.8 Å². The first-order valence-electron chi connectivity index (χ1n) is 9.33. The van der Waals surface area contributed by atoms with Crippen molar-refractivity contribution in [2.24, 2.45) is 5.41 Å². The van der Waals surface area contributed by atoms with Gasteiger partial charge in [0.25, 0.3) is 5.91 Å². The first-order valence-corrected chi connectivity index (χ1v) is 10.1. The number of hydrogen-bond donors (Lipinski definition) is 5. The molecule has 1 aromatic heterocycles. The van der Waals surface area contributed by atoms with E-state index in [1.54, 1.807) is 20.2 Å². The summed E-state index contributed by atoms with van der Waals surface area (Å²) in [5, 5.41) is 32.9. The Balaban J connectivity index is 2.24. The molecule has 0 unspecified atom stereocenters. The van der Waals surface area contributed by atoms with Crippen LogP contribution in [0.5, 0.6) is 5.75 Å². The van der Waals surface area contributed by atoms with Crippen molar-refractivity contribution in [3.8, 4) is 5.75 Å². The molecule has 30 heavy (non-hydrogen) atoms. The lowest BCUT2D eigenvalue weighted by Crippen LogP contribution is -2.41. The molecule has 5 N–H and O–H groups in total. The number of nitrogens with zero attached hydrogens (tertiary/aromatic N) is 1. The number of rotatable bonds is 4. The Labute approximate surface area is 184 Å². The van der Waals surface area contributed by atoms with E-state index < -0.39 is 0 Å². The lowest BCUT2D eigenvalue weighted by atomic mass is 9.85. The van der Waals surface area contributed by atoms with Crippen molar-refractivity contribution in [1.82, 2.24) is 10.2 Å². The Hall–Kier alpha value is -2.81. The topological polar surface area (TPSA) is 125 Å². The van der Waals surface area contributed by atoms with Gasteiger partial charge in [-0.15, -0.1) is 0 Å². The molecular formula is C21H28BrN5O3. The van der Waals surface area contributed by atoms with Crippen molar-refractivity contribution >= 4 is 39.2 Å². The minimum atomic E-state index is -0.385. The number of nitrogens with one attached hydrogen (secondary N) is 4. The van der Waals surface area contributed by atoms with Gasteiger partial charge < -0.3 is 25.1 Å². The zero-order valence-electron chi connectivity index (χ0n) is 18.0. The molecule has 2 aromatic rings. The number of hydrogen-bond acceptors (Lipinski definition) is 5. The molecule has 1 amide bonds. The van der Waals surface area contributed by atoms with E-state index in [2.05, 4.69) is 26.6 Å². The molecule has 9 heteroatoms. The quantitative estimate of drug-likeness (QED) is 0.251. The highest BCUT2D eigenvalue weighted by molar-refractivity contribution is 9.10. The summed E-state index contributed by atoms with van der Waals surface area (Å²) in [6.07, 6.45) is 0. The maximum atomic E-state index is 12.4. The Morgan fingerprint density at radius 1 is 1.17 bits per heavy atom. The van der Waals surface area contributed by atoms with Crippen molar-refractivity contribution in [2.75, 3.05) is 19.4 Å². The van der Waals surface area contributed by atoms with Crippen LogP contribution >= 0.6 is 15.9 Å². The van der Waals surface area contributed by atoms with Gasteiger partial charge in [-0.2, -0.15) is 0 Å². The van der Waals surface area contributed by atoms with E-state index in [0.29, 0.717) is 10.2 Å². The van der Waals surface area contributed by atoms with Gasteiger partial charge in [0.15, 0.2) is 17.4 Å². The molecular weight excluding hydrogens is 450 g/mol. The van der Waals surface area contributed by atoms with Crippen molar-refractivity contribution in [2.45, 2.75) is 33.7 Å². The normalized spacial score (nSPS) is 12.2. The number of carbonyl (C=O) groups excluding carboxylic acids is 1. The maximum Gasteiger partial charge on any atom is 0.258 e. The number of phenols is 1. The van der Waals surface area contributed by atoms with Crippen LogP contribution in [0.25, 0.3) is 0 Å². The average Bonchev–Trinajstić information content (AvgIpc) is 3.06. The number of halogens is 1. The van der Waals surface area contributed by atoms with Crippen LogP contribution in [0.15, 0.2) is 33.2 Å². The van der Waals surface area contributed by atoms with Crippen molar-refractivity contribution in [3.63, 3.8) is 0 Å². The van der Waals surface area contributed by atoms with Crippen LogP contribution in [0.2, 0.25) is 0 Å². The first-order chi connectivity index (χ1) is 13.8. The van der Waals surface area contributed by atoms with Gasteiger partial charge in [-0.05, 0) is 52.5 Å². The SMILES string of the molecule is Cc1ccc([C@H](NC(=N)C(=N)Nc2ccc(Br)c(C(=O)N(C)C)c2O)C(C)(C)C)o1.